The molecule has 0 bridgehead atoms. The molecular formula is C12H16FN3O2S. The number of rotatable bonds is 4. The van der Waals surface area contributed by atoms with E-state index in [1.807, 2.05) is 6.92 Å². The summed E-state index contributed by atoms with van der Waals surface area (Å²) in [5, 5.41) is 3.10. The van der Waals surface area contributed by atoms with E-state index in [4.69, 9.17) is 17.0 Å². The molecule has 19 heavy (non-hydrogen) atoms. The third-order valence-electron chi connectivity index (χ3n) is 2.15. The summed E-state index contributed by atoms with van der Waals surface area (Å²) < 4.78 is 18.5. The molecule has 0 aromatic heterocycles. The topological polar surface area (TPSA) is 62.4 Å². The van der Waals surface area contributed by atoms with Gasteiger partial charge in [-0.05, 0) is 38.2 Å². The van der Waals surface area contributed by atoms with Crippen LogP contribution in [-0.2, 0) is 4.79 Å². The van der Waals surface area contributed by atoms with E-state index in [1.165, 1.54) is 19.1 Å². The number of para-hydroxylation sites is 1. The molecule has 3 N–H and O–H groups in total. The van der Waals surface area contributed by atoms with Gasteiger partial charge in [-0.15, -0.1) is 0 Å². The minimum absolute atomic E-state index is 0.0272. The highest BCUT2D eigenvalue weighted by Gasteiger charge is 2.16. The van der Waals surface area contributed by atoms with Crippen LogP contribution < -0.4 is 20.9 Å². The van der Waals surface area contributed by atoms with E-state index in [0.29, 0.717) is 11.7 Å². The standard InChI is InChI=1S/C12H16FN3O2S/c1-3-14-12(19)16-15-11(17)8(2)18-10-7-5-4-6-9(10)13/h4-8H,3H2,1-2H3,(H,15,17)(H2,14,16,19)/t8-/m0/s1. The van der Waals surface area contributed by atoms with Crippen molar-refractivity contribution in [3.8, 4) is 5.75 Å². The van der Waals surface area contributed by atoms with E-state index in [0.717, 1.165) is 0 Å². The van der Waals surface area contributed by atoms with Crippen molar-refractivity contribution in [2.45, 2.75) is 20.0 Å². The Morgan fingerprint density at radius 2 is 2.11 bits per heavy atom. The van der Waals surface area contributed by atoms with Crippen LogP contribution in [0.2, 0.25) is 0 Å². The molecule has 0 aliphatic heterocycles. The quantitative estimate of drug-likeness (QED) is 0.571. The van der Waals surface area contributed by atoms with Gasteiger partial charge in [-0.3, -0.25) is 15.6 Å². The van der Waals surface area contributed by atoms with E-state index in [1.54, 1.807) is 12.1 Å². The maximum atomic E-state index is 13.3. The van der Waals surface area contributed by atoms with Gasteiger partial charge in [-0.25, -0.2) is 4.39 Å². The fraction of sp³-hybridized carbons (Fsp3) is 0.333. The normalized spacial score (nSPS) is 11.3. The van der Waals surface area contributed by atoms with Gasteiger partial charge < -0.3 is 10.1 Å². The molecule has 0 aliphatic carbocycles. The predicted octanol–water partition coefficient (Wildman–Crippen LogP) is 1.11. The first kappa shape index (κ1) is 15.2. The maximum Gasteiger partial charge on any atom is 0.279 e. The zero-order valence-electron chi connectivity index (χ0n) is 10.7. The highest BCUT2D eigenvalue weighted by molar-refractivity contribution is 7.80. The van der Waals surface area contributed by atoms with Crippen LogP contribution in [-0.4, -0.2) is 23.7 Å². The SMILES string of the molecule is CCNC(=S)NNC(=O)[C@H](C)Oc1ccccc1F. The summed E-state index contributed by atoms with van der Waals surface area (Å²) in [6.45, 7) is 4.03. The molecule has 7 heteroatoms. The molecule has 1 rings (SSSR count). The van der Waals surface area contributed by atoms with Gasteiger partial charge in [0.05, 0.1) is 0 Å². The van der Waals surface area contributed by atoms with Crippen molar-refractivity contribution < 1.29 is 13.9 Å². The number of carbonyl (C=O) groups is 1. The summed E-state index contributed by atoms with van der Waals surface area (Å²) in [7, 11) is 0. The molecule has 0 heterocycles. The van der Waals surface area contributed by atoms with Crippen molar-refractivity contribution in [2.24, 2.45) is 0 Å². The molecule has 0 saturated carbocycles. The van der Waals surface area contributed by atoms with E-state index < -0.39 is 17.8 Å². The smallest absolute Gasteiger partial charge is 0.279 e. The van der Waals surface area contributed by atoms with Gasteiger partial charge in [0.15, 0.2) is 22.8 Å². The molecule has 0 aliphatic rings. The largest absolute Gasteiger partial charge is 0.478 e. The van der Waals surface area contributed by atoms with E-state index in [-0.39, 0.29) is 5.75 Å². The van der Waals surface area contributed by atoms with Gasteiger partial charge in [0.25, 0.3) is 5.91 Å². The molecule has 0 fully saturated rings. The summed E-state index contributed by atoms with van der Waals surface area (Å²) in [4.78, 5) is 11.7. The van der Waals surface area contributed by atoms with Gasteiger partial charge in [-0.1, -0.05) is 12.1 Å². The number of halogens is 1. The molecule has 5 nitrogen and oxygen atoms in total. The second-order valence-electron chi connectivity index (χ2n) is 3.66. The van der Waals surface area contributed by atoms with Gasteiger partial charge in [-0.2, -0.15) is 0 Å². The lowest BCUT2D eigenvalue weighted by molar-refractivity contribution is -0.127. The summed E-state index contributed by atoms with van der Waals surface area (Å²) in [6, 6.07) is 5.89. The van der Waals surface area contributed by atoms with Gasteiger partial charge in [0.1, 0.15) is 0 Å². The van der Waals surface area contributed by atoms with Crippen molar-refractivity contribution in [3.63, 3.8) is 0 Å². The third-order valence-corrected chi connectivity index (χ3v) is 2.39. The minimum atomic E-state index is -0.853. The van der Waals surface area contributed by atoms with Gasteiger partial charge in [0, 0.05) is 6.54 Å². The second-order valence-corrected chi connectivity index (χ2v) is 4.07. The van der Waals surface area contributed by atoms with Crippen molar-refractivity contribution >= 4 is 23.2 Å². The molecule has 104 valence electrons. The first-order valence-electron chi connectivity index (χ1n) is 5.79. The number of benzene rings is 1. The zero-order valence-corrected chi connectivity index (χ0v) is 11.5. The van der Waals surface area contributed by atoms with Crippen LogP contribution in [0.1, 0.15) is 13.8 Å². The van der Waals surface area contributed by atoms with E-state index in [9.17, 15) is 9.18 Å². The molecule has 0 saturated heterocycles. The zero-order chi connectivity index (χ0) is 14.3. The summed E-state index contributed by atoms with van der Waals surface area (Å²) in [5.74, 6) is -0.943. The van der Waals surface area contributed by atoms with Crippen molar-refractivity contribution in [3.05, 3.63) is 30.1 Å². The average Bonchev–Trinajstić information content (AvgIpc) is 2.39. The van der Waals surface area contributed by atoms with E-state index in [2.05, 4.69) is 16.2 Å². The Balaban J connectivity index is 2.45. The average molecular weight is 285 g/mol. The number of hydrogen-bond donors (Lipinski definition) is 3. The fourth-order valence-corrected chi connectivity index (χ4v) is 1.40. The number of amides is 1. The first-order chi connectivity index (χ1) is 9.04. The third kappa shape index (κ3) is 5.09. The second kappa shape index (κ2) is 7.52. The predicted molar refractivity (Wildman–Crippen MR) is 74.0 cm³/mol. The number of ether oxygens (including phenoxy) is 1. The number of hydrogen-bond acceptors (Lipinski definition) is 3. The van der Waals surface area contributed by atoms with Crippen LogP contribution in [0, 0.1) is 5.82 Å². The summed E-state index contributed by atoms with van der Waals surface area (Å²) >= 11 is 4.87. The highest BCUT2D eigenvalue weighted by Crippen LogP contribution is 2.16. The van der Waals surface area contributed by atoms with Crippen LogP contribution >= 0.6 is 12.2 Å². The first-order valence-corrected chi connectivity index (χ1v) is 6.20. The van der Waals surface area contributed by atoms with Crippen LogP contribution in [0.3, 0.4) is 0 Å². The Morgan fingerprint density at radius 3 is 2.74 bits per heavy atom. The monoisotopic (exact) mass is 285 g/mol. The van der Waals surface area contributed by atoms with Crippen LogP contribution in [0.5, 0.6) is 5.75 Å². The van der Waals surface area contributed by atoms with Gasteiger partial charge >= 0.3 is 0 Å². The lowest BCUT2D eigenvalue weighted by atomic mass is 10.3. The molecule has 1 amide bonds. The molecule has 0 radical (unpaired) electrons. The van der Waals surface area contributed by atoms with Crippen molar-refractivity contribution in [2.75, 3.05) is 6.54 Å². The lowest BCUT2D eigenvalue weighted by Gasteiger charge is -2.16. The maximum absolute atomic E-state index is 13.3. The molecule has 0 unspecified atom stereocenters. The lowest BCUT2D eigenvalue weighted by Crippen LogP contribution is -2.50. The Morgan fingerprint density at radius 1 is 1.42 bits per heavy atom. The van der Waals surface area contributed by atoms with Crippen LogP contribution in [0.4, 0.5) is 4.39 Å². The van der Waals surface area contributed by atoms with E-state index >= 15 is 0 Å². The molecule has 0 spiro atoms. The summed E-state index contributed by atoms with van der Waals surface area (Å²) in [6.07, 6.45) is -0.853. The Labute approximate surface area is 116 Å². The highest BCUT2D eigenvalue weighted by atomic mass is 32.1. The number of carbonyl (C=O) groups excluding carboxylic acids is 1. The molecule has 1 aromatic carbocycles. The van der Waals surface area contributed by atoms with Gasteiger partial charge in [0.2, 0.25) is 0 Å². The molecule has 1 atom stereocenters. The summed E-state index contributed by atoms with van der Waals surface area (Å²) in [5.41, 5.74) is 4.88. The van der Waals surface area contributed by atoms with Crippen molar-refractivity contribution in [1.29, 1.82) is 0 Å². The number of nitrogens with one attached hydrogen (secondary N) is 3. The fourth-order valence-electron chi connectivity index (χ4n) is 1.21. The molecular weight excluding hydrogens is 269 g/mol. The van der Waals surface area contributed by atoms with Crippen LogP contribution in [0.25, 0.3) is 0 Å². The number of thiocarbonyl (C=S) groups is 1. The Bertz CT molecular complexity index is 456. The molecule has 1 aromatic rings. The van der Waals surface area contributed by atoms with Crippen molar-refractivity contribution in [1.82, 2.24) is 16.2 Å². The Kier molecular flexibility index (Phi) is 6.01. The number of hydrazine groups is 1. The van der Waals surface area contributed by atoms with Crippen LogP contribution in [0.15, 0.2) is 24.3 Å². The minimum Gasteiger partial charge on any atom is -0.478 e. The Hall–Kier alpha value is -1.89.